The SMILES string of the molecule is COC(=O)/C=C/N1CCOCC1C. The summed E-state index contributed by atoms with van der Waals surface area (Å²) >= 11 is 0. The number of morpholine rings is 1. The second-order valence-electron chi connectivity index (χ2n) is 3.00. The Labute approximate surface area is 78.1 Å². The summed E-state index contributed by atoms with van der Waals surface area (Å²) in [4.78, 5) is 12.9. The van der Waals surface area contributed by atoms with Crippen LogP contribution in [0.5, 0.6) is 0 Å². The summed E-state index contributed by atoms with van der Waals surface area (Å²) in [6.07, 6.45) is 3.20. The Balaban J connectivity index is 2.41. The number of methoxy groups -OCH3 is 1. The second kappa shape index (κ2) is 4.87. The lowest BCUT2D eigenvalue weighted by Gasteiger charge is -2.31. The normalized spacial score (nSPS) is 23.5. The van der Waals surface area contributed by atoms with E-state index in [4.69, 9.17) is 4.74 Å². The molecule has 0 aromatic carbocycles. The molecule has 1 aliphatic heterocycles. The highest BCUT2D eigenvalue weighted by Crippen LogP contribution is 2.05. The van der Waals surface area contributed by atoms with Gasteiger partial charge in [0, 0.05) is 24.9 Å². The minimum Gasteiger partial charge on any atom is -0.466 e. The molecule has 1 atom stereocenters. The van der Waals surface area contributed by atoms with E-state index in [-0.39, 0.29) is 5.97 Å². The molecule has 0 aliphatic carbocycles. The summed E-state index contributed by atoms with van der Waals surface area (Å²) in [5, 5.41) is 0. The van der Waals surface area contributed by atoms with Crippen molar-refractivity contribution in [3.05, 3.63) is 12.3 Å². The van der Waals surface area contributed by atoms with Gasteiger partial charge in [-0.2, -0.15) is 0 Å². The Morgan fingerprint density at radius 3 is 3.08 bits per heavy atom. The van der Waals surface area contributed by atoms with Gasteiger partial charge in [-0.1, -0.05) is 0 Å². The molecule has 4 heteroatoms. The number of hydrogen-bond donors (Lipinski definition) is 0. The van der Waals surface area contributed by atoms with E-state index >= 15 is 0 Å². The van der Waals surface area contributed by atoms with Crippen LogP contribution in [-0.2, 0) is 14.3 Å². The van der Waals surface area contributed by atoms with Crippen LogP contribution in [0.3, 0.4) is 0 Å². The third kappa shape index (κ3) is 3.06. The minimum atomic E-state index is -0.321. The quantitative estimate of drug-likeness (QED) is 0.461. The zero-order valence-electron chi connectivity index (χ0n) is 8.03. The maximum atomic E-state index is 10.8. The largest absolute Gasteiger partial charge is 0.466 e. The predicted molar refractivity (Wildman–Crippen MR) is 48.1 cm³/mol. The first-order chi connectivity index (χ1) is 6.24. The van der Waals surface area contributed by atoms with Gasteiger partial charge in [0.05, 0.1) is 20.3 Å². The monoisotopic (exact) mass is 185 g/mol. The van der Waals surface area contributed by atoms with Gasteiger partial charge in [-0.15, -0.1) is 0 Å². The molecular formula is C9H15NO3. The molecule has 4 nitrogen and oxygen atoms in total. The van der Waals surface area contributed by atoms with E-state index in [9.17, 15) is 4.79 Å². The van der Waals surface area contributed by atoms with E-state index in [2.05, 4.69) is 16.6 Å². The molecule has 0 aromatic rings. The molecule has 0 bridgehead atoms. The smallest absolute Gasteiger partial charge is 0.331 e. The van der Waals surface area contributed by atoms with Gasteiger partial charge < -0.3 is 14.4 Å². The molecule has 1 saturated heterocycles. The van der Waals surface area contributed by atoms with Crippen molar-refractivity contribution in [1.82, 2.24) is 4.90 Å². The van der Waals surface area contributed by atoms with Gasteiger partial charge in [-0.05, 0) is 6.92 Å². The topological polar surface area (TPSA) is 38.8 Å². The van der Waals surface area contributed by atoms with Crippen LogP contribution < -0.4 is 0 Å². The van der Waals surface area contributed by atoms with Crippen molar-refractivity contribution >= 4 is 5.97 Å². The molecule has 0 radical (unpaired) electrons. The third-order valence-corrected chi connectivity index (χ3v) is 2.02. The number of nitrogens with zero attached hydrogens (tertiary/aromatic N) is 1. The molecule has 0 saturated carbocycles. The number of ether oxygens (including phenoxy) is 2. The Morgan fingerprint density at radius 2 is 2.46 bits per heavy atom. The average Bonchev–Trinajstić information content (AvgIpc) is 2.16. The maximum Gasteiger partial charge on any atom is 0.331 e. The minimum absolute atomic E-state index is 0.321. The first-order valence-corrected chi connectivity index (χ1v) is 4.33. The highest BCUT2D eigenvalue weighted by atomic mass is 16.5. The molecule has 0 amide bonds. The van der Waals surface area contributed by atoms with E-state index in [0.29, 0.717) is 12.6 Å². The summed E-state index contributed by atoms with van der Waals surface area (Å²) in [7, 11) is 1.37. The van der Waals surface area contributed by atoms with Gasteiger partial charge >= 0.3 is 5.97 Å². The van der Waals surface area contributed by atoms with Gasteiger partial charge in [0.25, 0.3) is 0 Å². The van der Waals surface area contributed by atoms with Crippen molar-refractivity contribution in [3.8, 4) is 0 Å². The second-order valence-corrected chi connectivity index (χ2v) is 3.00. The zero-order valence-corrected chi connectivity index (χ0v) is 8.03. The lowest BCUT2D eigenvalue weighted by molar-refractivity contribution is -0.134. The maximum absolute atomic E-state index is 10.8. The number of hydrogen-bond acceptors (Lipinski definition) is 4. The standard InChI is InChI=1S/C9H15NO3/c1-8-7-13-6-5-10(8)4-3-9(11)12-2/h3-4,8H,5-7H2,1-2H3/b4-3+. The molecule has 0 spiro atoms. The zero-order chi connectivity index (χ0) is 9.68. The van der Waals surface area contributed by atoms with E-state index in [1.165, 1.54) is 13.2 Å². The Morgan fingerprint density at radius 1 is 1.69 bits per heavy atom. The summed E-state index contributed by atoms with van der Waals surface area (Å²) < 4.78 is 9.75. The van der Waals surface area contributed by atoms with Crippen molar-refractivity contribution in [3.63, 3.8) is 0 Å². The van der Waals surface area contributed by atoms with Crippen molar-refractivity contribution < 1.29 is 14.3 Å². The van der Waals surface area contributed by atoms with Crippen LogP contribution in [0.4, 0.5) is 0 Å². The Kier molecular flexibility index (Phi) is 3.76. The number of carbonyl (C=O) groups is 1. The summed E-state index contributed by atoms with van der Waals surface area (Å²) in [5.41, 5.74) is 0. The molecule has 1 fully saturated rings. The fourth-order valence-electron chi connectivity index (χ4n) is 1.19. The van der Waals surface area contributed by atoms with Crippen molar-refractivity contribution in [2.24, 2.45) is 0 Å². The number of carbonyl (C=O) groups excluding carboxylic acids is 1. The van der Waals surface area contributed by atoms with Crippen LogP contribution >= 0.6 is 0 Å². The van der Waals surface area contributed by atoms with E-state index in [1.54, 1.807) is 6.20 Å². The third-order valence-electron chi connectivity index (χ3n) is 2.02. The molecule has 0 N–H and O–H groups in total. The van der Waals surface area contributed by atoms with Crippen LogP contribution in [0, 0.1) is 0 Å². The van der Waals surface area contributed by atoms with Crippen molar-refractivity contribution in [2.75, 3.05) is 26.9 Å². The van der Waals surface area contributed by atoms with Gasteiger partial charge in [0.2, 0.25) is 0 Å². The number of esters is 1. The summed E-state index contributed by atoms with van der Waals surface area (Å²) in [6, 6.07) is 0.328. The highest BCUT2D eigenvalue weighted by molar-refractivity contribution is 5.81. The Bertz CT molecular complexity index is 203. The fourth-order valence-corrected chi connectivity index (χ4v) is 1.19. The molecule has 0 aromatic heterocycles. The molecule has 1 heterocycles. The van der Waals surface area contributed by atoms with Crippen molar-refractivity contribution in [2.45, 2.75) is 13.0 Å². The average molecular weight is 185 g/mol. The summed E-state index contributed by atoms with van der Waals surface area (Å²) in [6.45, 7) is 4.32. The molecule has 1 unspecified atom stereocenters. The first-order valence-electron chi connectivity index (χ1n) is 4.33. The molecule has 1 rings (SSSR count). The van der Waals surface area contributed by atoms with E-state index < -0.39 is 0 Å². The fraction of sp³-hybridized carbons (Fsp3) is 0.667. The van der Waals surface area contributed by atoms with Gasteiger partial charge in [-0.3, -0.25) is 0 Å². The van der Waals surface area contributed by atoms with Crippen LogP contribution in [0.15, 0.2) is 12.3 Å². The van der Waals surface area contributed by atoms with Gasteiger partial charge in [0.15, 0.2) is 0 Å². The molecule has 1 aliphatic rings. The molecular weight excluding hydrogens is 170 g/mol. The predicted octanol–water partition coefficient (Wildman–Crippen LogP) is 0.394. The lowest BCUT2D eigenvalue weighted by atomic mass is 10.3. The van der Waals surface area contributed by atoms with Crippen LogP contribution in [0.25, 0.3) is 0 Å². The van der Waals surface area contributed by atoms with Gasteiger partial charge in [-0.25, -0.2) is 4.79 Å². The first kappa shape index (κ1) is 10.1. The van der Waals surface area contributed by atoms with Crippen LogP contribution in [0.2, 0.25) is 0 Å². The highest BCUT2D eigenvalue weighted by Gasteiger charge is 2.14. The van der Waals surface area contributed by atoms with E-state index in [1.807, 2.05) is 0 Å². The van der Waals surface area contributed by atoms with Crippen LogP contribution in [-0.4, -0.2) is 43.8 Å². The van der Waals surface area contributed by atoms with E-state index in [0.717, 1.165) is 13.2 Å². The summed E-state index contributed by atoms with van der Waals surface area (Å²) in [5.74, 6) is -0.321. The van der Waals surface area contributed by atoms with Gasteiger partial charge in [0.1, 0.15) is 0 Å². The van der Waals surface area contributed by atoms with Crippen LogP contribution in [0.1, 0.15) is 6.92 Å². The molecule has 13 heavy (non-hydrogen) atoms. The molecule has 74 valence electrons. The van der Waals surface area contributed by atoms with Crippen molar-refractivity contribution in [1.29, 1.82) is 0 Å². The number of rotatable bonds is 2. The lowest BCUT2D eigenvalue weighted by Crippen LogP contribution is -2.40. The Hall–Kier alpha value is -1.03.